The van der Waals surface area contributed by atoms with Crippen LogP contribution in [0.4, 0.5) is 4.39 Å². The van der Waals surface area contributed by atoms with Crippen molar-refractivity contribution >= 4 is 21.9 Å². The molecule has 0 aliphatic carbocycles. The number of benzene rings is 3. The maximum absolute atomic E-state index is 14.2. The van der Waals surface area contributed by atoms with E-state index in [4.69, 9.17) is 14.6 Å². The second-order valence-electron chi connectivity index (χ2n) is 5.39. The highest BCUT2D eigenvalue weighted by molar-refractivity contribution is 9.10. The van der Waals surface area contributed by atoms with Crippen molar-refractivity contribution in [3.8, 4) is 17.2 Å². The number of ether oxygens (including phenoxy) is 2. The molecule has 6 heteroatoms. The summed E-state index contributed by atoms with van der Waals surface area (Å²) in [6, 6.07) is 19.1. The molecule has 0 amide bonds. The van der Waals surface area contributed by atoms with Crippen LogP contribution in [0.3, 0.4) is 0 Å². The van der Waals surface area contributed by atoms with Crippen LogP contribution in [0.5, 0.6) is 17.2 Å². The van der Waals surface area contributed by atoms with Crippen molar-refractivity contribution in [3.63, 3.8) is 0 Å². The van der Waals surface area contributed by atoms with Crippen molar-refractivity contribution in [2.24, 2.45) is 0 Å². The molecule has 0 fully saturated rings. The summed E-state index contributed by atoms with van der Waals surface area (Å²) >= 11 is 2.94. The van der Waals surface area contributed by atoms with E-state index in [9.17, 15) is 9.18 Å². The zero-order valence-corrected chi connectivity index (χ0v) is 15.1. The molecule has 0 bridgehead atoms. The summed E-state index contributed by atoms with van der Waals surface area (Å²) < 4.78 is 25.3. The third-order valence-corrected chi connectivity index (χ3v) is 4.35. The fraction of sp³-hybridized carbons (Fsp3) is 0.0500. The Morgan fingerprint density at radius 1 is 0.962 bits per heavy atom. The summed E-state index contributed by atoms with van der Waals surface area (Å²) in [5.74, 6) is -0.994. The Bertz CT molecular complexity index is 911. The zero-order chi connectivity index (χ0) is 18.5. The van der Waals surface area contributed by atoms with E-state index in [0.717, 1.165) is 5.56 Å². The Kier molecular flexibility index (Phi) is 5.53. The van der Waals surface area contributed by atoms with Crippen LogP contribution in [0.1, 0.15) is 15.9 Å². The molecule has 0 atom stereocenters. The molecule has 3 rings (SSSR count). The van der Waals surface area contributed by atoms with Gasteiger partial charge >= 0.3 is 5.97 Å². The average Bonchev–Trinajstić information content (AvgIpc) is 2.65. The maximum Gasteiger partial charge on any atom is 0.336 e. The quantitative estimate of drug-likeness (QED) is 0.563. The van der Waals surface area contributed by atoms with Crippen molar-refractivity contribution in [2.45, 2.75) is 6.61 Å². The zero-order valence-electron chi connectivity index (χ0n) is 13.5. The SMILES string of the molecule is O=C(O)c1ccc(Oc2ccc(OCc3ccccc3)cc2)c(F)c1Br. The van der Waals surface area contributed by atoms with E-state index in [2.05, 4.69) is 15.9 Å². The van der Waals surface area contributed by atoms with Gasteiger partial charge in [0.15, 0.2) is 11.6 Å². The van der Waals surface area contributed by atoms with Gasteiger partial charge in [0.1, 0.15) is 18.1 Å². The van der Waals surface area contributed by atoms with Gasteiger partial charge in [0.25, 0.3) is 0 Å². The molecule has 0 saturated carbocycles. The Hall–Kier alpha value is -2.86. The summed E-state index contributed by atoms with van der Waals surface area (Å²) in [7, 11) is 0. The Balaban J connectivity index is 1.68. The van der Waals surface area contributed by atoms with Crippen molar-refractivity contribution in [3.05, 3.63) is 88.1 Å². The average molecular weight is 417 g/mol. The number of carboxylic acid groups (broad SMARTS) is 1. The lowest BCUT2D eigenvalue weighted by Gasteiger charge is -2.10. The molecule has 0 unspecified atom stereocenters. The van der Waals surface area contributed by atoms with Gasteiger partial charge in [-0.15, -0.1) is 0 Å². The van der Waals surface area contributed by atoms with Crippen LogP contribution in [0.2, 0.25) is 0 Å². The van der Waals surface area contributed by atoms with Crippen LogP contribution >= 0.6 is 15.9 Å². The van der Waals surface area contributed by atoms with Gasteiger partial charge < -0.3 is 14.6 Å². The van der Waals surface area contributed by atoms with Crippen molar-refractivity contribution in [1.82, 2.24) is 0 Å². The van der Waals surface area contributed by atoms with Gasteiger partial charge in [-0.05, 0) is 57.9 Å². The lowest BCUT2D eigenvalue weighted by Crippen LogP contribution is -2.00. The second kappa shape index (κ2) is 8.01. The fourth-order valence-electron chi connectivity index (χ4n) is 2.25. The Labute approximate surface area is 157 Å². The van der Waals surface area contributed by atoms with Gasteiger partial charge in [-0.1, -0.05) is 30.3 Å². The Morgan fingerprint density at radius 3 is 2.27 bits per heavy atom. The molecule has 3 aromatic rings. The molecule has 26 heavy (non-hydrogen) atoms. The molecule has 0 aliphatic rings. The third-order valence-electron chi connectivity index (χ3n) is 3.58. The monoisotopic (exact) mass is 416 g/mol. The van der Waals surface area contributed by atoms with Crippen LogP contribution in [-0.2, 0) is 6.61 Å². The predicted molar refractivity (Wildman–Crippen MR) is 98.3 cm³/mol. The first kappa shape index (κ1) is 17.9. The molecular formula is C20H14BrFO4. The largest absolute Gasteiger partial charge is 0.489 e. The van der Waals surface area contributed by atoms with Crippen LogP contribution in [0.25, 0.3) is 0 Å². The number of carbonyl (C=O) groups is 1. The van der Waals surface area contributed by atoms with Crippen LogP contribution in [0.15, 0.2) is 71.2 Å². The standard InChI is InChI=1S/C20H14BrFO4/c21-18-16(20(23)24)10-11-17(19(18)22)26-15-8-6-14(7-9-15)25-12-13-4-2-1-3-5-13/h1-11H,12H2,(H,23,24). The number of carboxylic acids is 1. The predicted octanol–water partition coefficient (Wildman–Crippen LogP) is 5.66. The lowest BCUT2D eigenvalue weighted by molar-refractivity contribution is 0.0695. The minimum absolute atomic E-state index is 0.0696. The first-order chi connectivity index (χ1) is 12.5. The highest BCUT2D eigenvalue weighted by atomic mass is 79.9. The number of hydrogen-bond donors (Lipinski definition) is 1. The van der Waals surface area contributed by atoms with Crippen LogP contribution < -0.4 is 9.47 Å². The van der Waals surface area contributed by atoms with Gasteiger partial charge in [0.05, 0.1) is 10.0 Å². The van der Waals surface area contributed by atoms with E-state index in [0.29, 0.717) is 18.1 Å². The normalized spacial score (nSPS) is 10.4. The van der Waals surface area contributed by atoms with Gasteiger partial charge in [-0.2, -0.15) is 0 Å². The number of hydrogen-bond acceptors (Lipinski definition) is 3. The summed E-state index contributed by atoms with van der Waals surface area (Å²) in [5, 5.41) is 8.98. The van der Waals surface area contributed by atoms with Crippen molar-refractivity contribution in [1.29, 1.82) is 0 Å². The van der Waals surface area contributed by atoms with Crippen LogP contribution in [0, 0.1) is 5.82 Å². The minimum atomic E-state index is -1.22. The maximum atomic E-state index is 14.2. The molecule has 3 aromatic carbocycles. The fourth-order valence-corrected chi connectivity index (χ4v) is 2.74. The molecular weight excluding hydrogens is 403 g/mol. The number of aromatic carboxylic acids is 1. The highest BCUT2D eigenvalue weighted by Crippen LogP contribution is 2.32. The topological polar surface area (TPSA) is 55.8 Å². The van der Waals surface area contributed by atoms with E-state index in [1.807, 2.05) is 30.3 Å². The molecule has 0 aromatic heterocycles. The second-order valence-corrected chi connectivity index (χ2v) is 6.19. The highest BCUT2D eigenvalue weighted by Gasteiger charge is 2.17. The molecule has 0 aliphatic heterocycles. The van der Waals surface area contributed by atoms with Crippen molar-refractivity contribution in [2.75, 3.05) is 0 Å². The number of halogens is 2. The molecule has 1 N–H and O–H groups in total. The molecule has 0 saturated heterocycles. The molecule has 4 nitrogen and oxygen atoms in total. The first-order valence-corrected chi connectivity index (χ1v) is 8.50. The summed E-state index contributed by atoms with van der Waals surface area (Å²) in [6.07, 6.45) is 0. The summed E-state index contributed by atoms with van der Waals surface area (Å²) in [6.45, 7) is 0.444. The first-order valence-electron chi connectivity index (χ1n) is 7.70. The van der Waals surface area contributed by atoms with E-state index >= 15 is 0 Å². The molecule has 0 radical (unpaired) electrons. The molecule has 0 spiro atoms. The van der Waals surface area contributed by atoms with E-state index in [-0.39, 0.29) is 15.8 Å². The van der Waals surface area contributed by atoms with Crippen LogP contribution in [-0.4, -0.2) is 11.1 Å². The molecule has 0 heterocycles. The number of rotatable bonds is 6. The van der Waals surface area contributed by atoms with Crippen molar-refractivity contribution < 1.29 is 23.8 Å². The lowest BCUT2D eigenvalue weighted by atomic mass is 10.2. The van der Waals surface area contributed by atoms with Gasteiger partial charge in [-0.3, -0.25) is 0 Å². The van der Waals surface area contributed by atoms with E-state index in [1.54, 1.807) is 24.3 Å². The summed E-state index contributed by atoms with van der Waals surface area (Å²) in [4.78, 5) is 11.0. The molecule has 132 valence electrons. The smallest absolute Gasteiger partial charge is 0.336 e. The van der Waals surface area contributed by atoms with Gasteiger partial charge in [0, 0.05) is 0 Å². The summed E-state index contributed by atoms with van der Waals surface area (Å²) in [5.41, 5.74) is 0.887. The van der Waals surface area contributed by atoms with E-state index in [1.165, 1.54) is 12.1 Å². The van der Waals surface area contributed by atoms with Gasteiger partial charge in [-0.25, -0.2) is 9.18 Å². The minimum Gasteiger partial charge on any atom is -0.489 e. The van der Waals surface area contributed by atoms with E-state index < -0.39 is 11.8 Å². The van der Waals surface area contributed by atoms with Gasteiger partial charge in [0.2, 0.25) is 0 Å². The Morgan fingerprint density at radius 2 is 1.62 bits per heavy atom. The third kappa shape index (κ3) is 4.21.